The number of halogens is 5. The minimum atomic E-state index is -4.70. The first-order chi connectivity index (χ1) is 9.87. The van der Waals surface area contributed by atoms with Crippen molar-refractivity contribution < 1.29 is 17.9 Å². The third-order valence-electron chi connectivity index (χ3n) is 2.62. The number of para-hydroxylation sites is 2. The second-order valence-corrected chi connectivity index (χ2v) is 5.81. The average molecular weight is 425 g/mol. The van der Waals surface area contributed by atoms with Crippen LogP contribution in [0.25, 0.3) is 0 Å². The Labute approximate surface area is 136 Å². The van der Waals surface area contributed by atoms with Crippen LogP contribution in [-0.2, 0) is 6.54 Å². The van der Waals surface area contributed by atoms with Gasteiger partial charge in [-0.2, -0.15) is 0 Å². The first-order valence-electron chi connectivity index (χ1n) is 5.88. The molecule has 0 atom stereocenters. The first kappa shape index (κ1) is 16.2. The van der Waals surface area contributed by atoms with E-state index in [9.17, 15) is 13.2 Å². The maximum absolute atomic E-state index is 12.4. The molecule has 2 aromatic rings. The molecule has 2 nitrogen and oxygen atoms in total. The quantitative estimate of drug-likeness (QED) is 0.677. The van der Waals surface area contributed by atoms with E-state index in [0.29, 0.717) is 5.56 Å². The molecule has 0 saturated heterocycles. The van der Waals surface area contributed by atoms with Crippen LogP contribution in [0.4, 0.5) is 18.9 Å². The molecule has 0 radical (unpaired) electrons. The molecule has 0 bridgehead atoms. The molecule has 2 aromatic carbocycles. The molecule has 0 spiro atoms. The lowest BCUT2D eigenvalue weighted by atomic mass is 10.2. The van der Waals surface area contributed by atoms with Gasteiger partial charge in [0.25, 0.3) is 0 Å². The van der Waals surface area contributed by atoms with Crippen molar-refractivity contribution in [3.63, 3.8) is 0 Å². The zero-order valence-electron chi connectivity index (χ0n) is 10.5. The van der Waals surface area contributed by atoms with Crippen LogP contribution in [0.3, 0.4) is 0 Å². The third-order valence-corrected chi connectivity index (χ3v) is 3.94. The van der Waals surface area contributed by atoms with E-state index in [1.807, 2.05) is 18.2 Å². The minimum Gasteiger partial charge on any atom is -0.405 e. The van der Waals surface area contributed by atoms with Gasteiger partial charge in [0.05, 0.1) is 5.69 Å². The van der Waals surface area contributed by atoms with E-state index in [1.165, 1.54) is 12.1 Å². The van der Waals surface area contributed by atoms with E-state index in [4.69, 9.17) is 0 Å². The standard InChI is InChI=1S/C14H10Br2F3NO/c15-10-5-3-6-11(16)13(10)20-8-9-4-1-2-7-12(9)21-14(17,18)19/h1-7,20H,8H2. The van der Waals surface area contributed by atoms with Crippen LogP contribution in [0.15, 0.2) is 51.4 Å². The van der Waals surface area contributed by atoms with Gasteiger partial charge < -0.3 is 10.1 Å². The highest BCUT2D eigenvalue weighted by Gasteiger charge is 2.31. The van der Waals surface area contributed by atoms with E-state index in [1.54, 1.807) is 12.1 Å². The van der Waals surface area contributed by atoms with Crippen molar-refractivity contribution >= 4 is 37.5 Å². The predicted octanol–water partition coefficient (Wildman–Crippen LogP) is 5.72. The van der Waals surface area contributed by atoms with Crippen molar-refractivity contribution in [3.05, 3.63) is 57.0 Å². The van der Waals surface area contributed by atoms with Crippen molar-refractivity contribution in [2.75, 3.05) is 5.32 Å². The zero-order chi connectivity index (χ0) is 15.5. The maximum Gasteiger partial charge on any atom is 0.573 e. The monoisotopic (exact) mass is 423 g/mol. The summed E-state index contributed by atoms with van der Waals surface area (Å²) >= 11 is 6.77. The largest absolute Gasteiger partial charge is 0.573 e. The zero-order valence-corrected chi connectivity index (χ0v) is 13.7. The molecule has 0 aliphatic rings. The highest BCUT2D eigenvalue weighted by atomic mass is 79.9. The summed E-state index contributed by atoms with van der Waals surface area (Å²) in [6.07, 6.45) is -4.70. The molecule has 0 aliphatic carbocycles. The summed E-state index contributed by atoms with van der Waals surface area (Å²) in [5.74, 6) is -0.208. The van der Waals surface area contributed by atoms with Gasteiger partial charge in [-0.25, -0.2) is 0 Å². The number of ether oxygens (including phenoxy) is 1. The topological polar surface area (TPSA) is 21.3 Å². The van der Waals surface area contributed by atoms with Crippen molar-refractivity contribution in [2.45, 2.75) is 12.9 Å². The summed E-state index contributed by atoms with van der Waals surface area (Å²) in [6, 6.07) is 11.6. The number of hydrogen-bond donors (Lipinski definition) is 1. The van der Waals surface area contributed by atoms with Crippen molar-refractivity contribution in [3.8, 4) is 5.75 Å². The Hall–Kier alpha value is -1.21. The molecule has 2 rings (SSSR count). The molecule has 112 valence electrons. The number of anilines is 1. The molecule has 0 aliphatic heterocycles. The van der Waals surface area contributed by atoms with Crippen LogP contribution >= 0.6 is 31.9 Å². The maximum atomic E-state index is 12.4. The van der Waals surface area contributed by atoms with Crippen LogP contribution in [0.5, 0.6) is 5.75 Å². The SMILES string of the molecule is FC(F)(F)Oc1ccccc1CNc1c(Br)cccc1Br. The second-order valence-electron chi connectivity index (χ2n) is 4.11. The first-order valence-corrected chi connectivity index (χ1v) is 7.47. The van der Waals surface area contributed by atoms with Crippen LogP contribution in [0.1, 0.15) is 5.56 Å². The van der Waals surface area contributed by atoms with Crippen LogP contribution < -0.4 is 10.1 Å². The highest BCUT2D eigenvalue weighted by molar-refractivity contribution is 9.11. The molecule has 0 saturated carbocycles. The average Bonchev–Trinajstić information content (AvgIpc) is 2.38. The Morgan fingerprint density at radius 3 is 2.19 bits per heavy atom. The fourth-order valence-corrected chi connectivity index (χ4v) is 3.00. The molecular formula is C14H10Br2F3NO. The second kappa shape index (κ2) is 6.70. The van der Waals surface area contributed by atoms with Gasteiger partial charge in [0, 0.05) is 21.1 Å². The highest BCUT2D eigenvalue weighted by Crippen LogP contribution is 2.32. The van der Waals surface area contributed by atoms with Crippen molar-refractivity contribution in [2.24, 2.45) is 0 Å². The molecule has 0 fully saturated rings. The van der Waals surface area contributed by atoms with Gasteiger partial charge in [-0.3, -0.25) is 0 Å². The summed E-state index contributed by atoms with van der Waals surface area (Å²) in [7, 11) is 0. The summed E-state index contributed by atoms with van der Waals surface area (Å²) < 4.78 is 42.7. The molecule has 0 heterocycles. The van der Waals surface area contributed by atoms with Crippen molar-refractivity contribution in [1.29, 1.82) is 0 Å². The third kappa shape index (κ3) is 4.64. The van der Waals surface area contributed by atoms with E-state index in [2.05, 4.69) is 41.9 Å². The number of nitrogens with one attached hydrogen (secondary N) is 1. The van der Waals surface area contributed by atoms with Gasteiger partial charge in [0.15, 0.2) is 0 Å². The smallest absolute Gasteiger partial charge is 0.405 e. The summed E-state index contributed by atoms with van der Waals surface area (Å²) in [5.41, 5.74) is 1.18. The molecule has 0 amide bonds. The number of alkyl halides is 3. The summed E-state index contributed by atoms with van der Waals surface area (Å²) in [4.78, 5) is 0. The number of rotatable bonds is 4. The molecular weight excluding hydrogens is 415 g/mol. The van der Waals surface area contributed by atoms with Gasteiger partial charge >= 0.3 is 6.36 Å². The molecule has 1 N–H and O–H groups in total. The lowest BCUT2D eigenvalue weighted by Gasteiger charge is -2.15. The Morgan fingerprint density at radius 1 is 0.952 bits per heavy atom. The Morgan fingerprint density at radius 2 is 1.57 bits per heavy atom. The fraction of sp³-hybridized carbons (Fsp3) is 0.143. The normalized spacial score (nSPS) is 11.3. The Bertz CT molecular complexity index is 612. The van der Waals surface area contributed by atoms with E-state index < -0.39 is 6.36 Å². The predicted molar refractivity (Wildman–Crippen MR) is 82.3 cm³/mol. The van der Waals surface area contributed by atoms with Gasteiger partial charge in [0.2, 0.25) is 0 Å². The van der Waals surface area contributed by atoms with Gasteiger partial charge in [-0.15, -0.1) is 13.2 Å². The number of hydrogen-bond acceptors (Lipinski definition) is 2. The van der Waals surface area contributed by atoms with Gasteiger partial charge in [0.1, 0.15) is 5.75 Å². The lowest BCUT2D eigenvalue weighted by molar-refractivity contribution is -0.274. The van der Waals surface area contributed by atoms with Crippen molar-refractivity contribution in [1.82, 2.24) is 0 Å². The van der Waals surface area contributed by atoms with Crippen LogP contribution in [0, 0.1) is 0 Å². The molecule has 0 unspecified atom stereocenters. The number of benzene rings is 2. The summed E-state index contributed by atoms with van der Waals surface area (Å²) in [6.45, 7) is 0.202. The molecule has 21 heavy (non-hydrogen) atoms. The van der Waals surface area contributed by atoms with E-state index in [0.717, 1.165) is 14.6 Å². The Balaban J connectivity index is 2.17. The minimum absolute atomic E-state index is 0.202. The fourth-order valence-electron chi connectivity index (χ4n) is 1.72. The van der Waals surface area contributed by atoms with E-state index in [-0.39, 0.29) is 12.3 Å². The van der Waals surface area contributed by atoms with Gasteiger partial charge in [-0.05, 0) is 50.1 Å². The van der Waals surface area contributed by atoms with Crippen LogP contribution in [0.2, 0.25) is 0 Å². The summed E-state index contributed by atoms with van der Waals surface area (Å²) in [5, 5.41) is 3.08. The molecule has 0 aromatic heterocycles. The Kier molecular flexibility index (Phi) is 5.16. The molecule has 7 heteroatoms. The van der Waals surface area contributed by atoms with E-state index >= 15 is 0 Å². The van der Waals surface area contributed by atoms with Crippen LogP contribution in [-0.4, -0.2) is 6.36 Å². The van der Waals surface area contributed by atoms with Gasteiger partial charge in [-0.1, -0.05) is 24.3 Å². The lowest BCUT2D eigenvalue weighted by Crippen LogP contribution is -2.18.